The minimum atomic E-state index is 0.130. The van der Waals surface area contributed by atoms with Crippen LogP contribution in [0.1, 0.15) is 28.4 Å². The first-order chi connectivity index (χ1) is 9.52. The first kappa shape index (κ1) is 15.9. The molecule has 0 spiro atoms. The zero-order valence-corrected chi connectivity index (χ0v) is 15.2. The number of alkyl halides is 1. The van der Waals surface area contributed by atoms with E-state index in [1.807, 2.05) is 32.0 Å². The summed E-state index contributed by atoms with van der Waals surface area (Å²) in [5.74, 6) is 0.864. The standard InChI is InChI=1S/C16H15Br2ClO/c1-3-20-15-7-5-12(9-13(15)17)16(18)11-4-6-14(19)10(2)8-11/h4-9,16H,3H2,1-2H3. The predicted molar refractivity (Wildman–Crippen MR) is 92.3 cm³/mol. The highest BCUT2D eigenvalue weighted by atomic mass is 79.9. The van der Waals surface area contributed by atoms with Gasteiger partial charge in [-0.3, -0.25) is 0 Å². The highest BCUT2D eigenvalue weighted by molar-refractivity contribution is 9.10. The minimum absolute atomic E-state index is 0.130. The zero-order chi connectivity index (χ0) is 14.7. The van der Waals surface area contributed by atoms with E-state index in [9.17, 15) is 0 Å². The van der Waals surface area contributed by atoms with Crippen molar-refractivity contribution in [2.24, 2.45) is 0 Å². The Morgan fingerprint density at radius 2 is 1.80 bits per heavy atom. The molecule has 106 valence electrons. The fourth-order valence-corrected chi connectivity index (χ4v) is 3.16. The normalized spacial score (nSPS) is 12.2. The van der Waals surface area contributed by atoms with Crippen LogP contribution in [0, 0.1) is 6.92 Å². The van der Waals surface area contributed by atoms with Crippen LogP contribution >= 0.6 is 43.5 Å². The van der Waals surface area contributed by atoms with Gasteiger partial charge in [-0.25, -0.2) is 0 Å². The Balaban J connectivity index is 2.30. The van der Waals surface area contributed by atoms with E-state index in [4.69, 9.17) is 16.3 Å². The molecule has 0 amide bonds. The maximum Gasteiger partial charge on any atom is 0.133 e. The van der Waals surface area contributed by atoms with Gasteiger partial charge in [0, 0.05) is 5.02 Å². The van der Waals surface area contributed by atoms with Crippen molar-refractivity contribution in [2.75, 3.05) is 6.61 Å². The molecular formula is C16H15Br2ClO. The van der Waals surface area contributed by atoms with Crippen LogP contribution in [0.4, 0.5) is 0 Å². The molecule has 0 aromatic heterocycles. The molecule has 0 aliphatic rings. The number of hydrogen-bond acceptors (Lipinski definition) is 1. The van der Waals surface area contributed by atoms with Crippen molar-refractivity contribution >= 4 is 43.5 Å². The first-order valence-corrected chi connectivity index (χ1v) is 8.44. The van der Waals surface area contributed by atoms with E-state index in [2.05, 4.69) is 50.1 Å². The number of benzene rings is 2. The molecule has 1 atom stereocenters. The average molecular weight is 419 g/mol. The van der Waals surface area contributed by atoms with E-state index in [0.717, 1.165) is 20.8 Å². The smallest absolute Gasteiger partial charge is 0.133 e. The molecular weight excluding hydrogens is 403 g/mol. The van der Waals surface area contributed by atoms with Crippen LogP contribution in [0.15, 0.2) is 40.9 Å². The monoisotopic (exact) mass is 416 g/mol. The van der Waals surface area contributed by atoms with Gasteiger partial charge in [-0.2, -0.15) is 0 Å². The Kier molecular flexibility index (Phi) is 5.53. The van der Waals surface area contributed by atoms with Crippen LogP contribution in [0.2, 0.25) is 5.02 Å². The van der Waals surface area contributed by atoms with E-state index in [1.54, 1.807) is 0 Å². The Bertz CT molecular complexity index is 613. The molecule has 0 heterocycles. The first-order valence-electron chi connectivity index (χ1n) is 6.35. The van der Waals surface area contributed by atoms with Gasteiger partial charge in [0.2, 0.25) is 0 Å². The molecule has 4 heteroatoms. The zero-order valence-electron chi connectivity index (χ0n) is 11.3. The van der Waals surface area contributed by atoms with E-state index in [-0.39, 0.29) is 4.83 Å². The lowest BCUT2D eigenvalue weighted by Crippen LogP contribution is -1.96. The second-order valence-corrected chi connectivity index (χ2v) is 6.67. The highest BCUT2D eigenvalue weighted by Crippen LogP contribution is 2.36. The number of ether oxygens (including phenoxy) is 1. The summed E-state index contributed by atoms with van der Waals surface area (Å²) in [6.45, 7) is 4.65. The maximum absolute atomic E-state index is 6.07. The topological polar surface area (TPSA) is 9.23 Å². The van der Waals surface area contributed by atoms with Crippen molar-refractivity contribution < 1.29 is 4.74 Å². The molecule has 2 rings (SSSR count). The van der Waals surface area contributed by atoms with Crippen LogP contribution < -0.4 is 4.74 Å². The predicted octanol–water partition coefficient (Wildman–Crippen LogP) is 6.29. The molecule has 0 aliphatic carbocycles. The number of aryl methyl sites for hydroxylation is 1. The van der Waals surface area contributed by atoms with Gasteiger partial charge in [0.25, 0.3) is 0 Å². The van der Waals surface area contributed by atoms with Gasteiger partial charge in [-0.15, -0.1) is 0 Å². The summed E-state index contributed by atoms with van der Waals surface area (Å²) >= 11 is 13.4. The summed E-state index contributed by atoms with van der Waals surface area (Å²) in [6, 6.07) is 12.2. The van der Waals surface area contributed by atoms with Crippen molar-refractivity contribution in [3.05, 3.63) is 62.6 Å². The van der Waals surface area contributed by atoms with E-state index in [1.165, 1.54) is 11.1 Å². The molecule has 0 N–H and O–H groups in total. The Morgan fingerprint density at radius 3 is 2.40 bits per heavy atom. The molecule has 0 fully saturated rings. The lowest BCUT2D eigenvalue weighted by molar-refractivity contribution is 0.338. The summed E-state index contributed by atoms with van der Waals surface area (Å²) in [4.78, 5) is 0.130. The number of halogens is 3. The summed E-state index contributed by atoms with van der Waals surface area (Å²) in [5, 5.41) is 0.793. The summed E-state index contributed by atoms with van der Waals surface area (Å²) in [5.41, 5.74) is 3.43. The van der Waals surface area contributed by atoms with Crippen LogP contribution in [0.3, 0.4) is 0 Å². The molecule has 0 saturated carbocycles. The fraction of sp³-hybridized carbons (Fsp3) is 0.250. The fourth-order valence-electron chi connectivity index (χ4n) is 1.97. The summed E-state index contributed by atoms with van der Waals surface area (Å²) < 4.78 is 6.50. The van der Waals surface area contributed by atoms with Gasteiger partial charge in [0.05, 0.1) is 15.9 Å². The SMILES string of the molecule is CCOc1ccc(C(Br)c2ccc(Cl)c(C)c2)cc1Br. The van der Waals surface area contributed by atoms with Crippen molar-refractivity contribution in [3.63, 3.8) is 0 Å². The van der Waals surface area contributed by atoms with Crippen molar-refractivity contribution in [1.29, 1.82) is 0 Å². The number of rotatable bonds is 4. The Labute approximate surface area is 141 Å². The van der Waals surface area contributed by atoms with E-state index < -0.39 is 0 Å². The van der Waals surface area contributed by atoms with Crippen molar-refractivity contribution in [3.8, 4) is 5.75 Å². The third-order valence-corrected chi connectivity index (χ3v) is 5.12. The van der Waals surface area contributed by atoms with Crippen LogP contribution in [0.25, 0.3) is 0 Å². The van der Waals surface area contributed by atoms with E-state index >= 15 is 0 Å². The lowest BCUT2D eigenvalue weighted by atomic mass is 10.0. The average Bonchev–Trinajstić information content (AvgIpc) is 2.43. The minimum Gasteiger partial charge on any atom is -0.493 e. The molecule has 0 saturated heterocycles. The molecule has 0 radical (unpaired) electrons. The largest absolute Gasteiger partial charge is 0.493 e. The van der Waals surface area contributed by atoms with Crippen molar-refractivity contribution in [2.45, 2.75) is 18.7 Å². The van der Waals surface area contributed by atoms with Gasteiger partial charge in [-0.1, -0.05) is 45.7 Å². The van der Waals surface area contributed by atoms with Crippen LogP contribution in [-0.2, 0) is 0 Å². The quantitative estimate of drug-likeness (QED) is 0.530. The Morgan fingerprint density at radius 1 is 1.15 bits per heavy atom. The third kappa shape index (κ3) is 3.57. The third-order valence-electron chi connectivity index (χ3n) is 3.02. The van der Waals surface area contributed by atoms with Gasteiger partial charge < -0.3 is 4.74 Å². The second-order valence-electron chi connectivity index (χ2n) is 4.49. The molecule has 2 aromatic rings. The maximum atomic E-state index is 6.07. The van der Waals surface area contributed by atoms with Gasteiger partial charge in [0.1, 0.15) is 5.75 Å². The van der Waals surface area contributed by atoms with Crippen molar-refractivity contribution in [1.82, 2.24) is 0 Å². The van der Waals surface area contributed by atoms with Crippen LogP contribution in [0.5, 0.6) is 5.75 Å². The highest BCUT2D eigenvalue weighted by Gasteiger charge is 2.13. The molecule has 0 bridgehead atoms. The lowest BCUT2D eigenvalue weighted by Gasteiger charge is -2.14. The molecule has 0 aliphatic heterocycles. The molecule has 1 nitrogen and oxygen atoms in total. The summed E-state index contributed by atoms with van der Waals surface area (Å²) in [7, 11) is 0. The Hall–Kier alpha value is -0.510. The van der Waals surface area contributed by atoms with Gasteiger partial charge >= 0.3 is 0 Å². The van der Waals surface area contributed by atoms with E-state index in [0.29, 0.717) is 6.61 Å². The molecule has 20 heavy (non-hydrogen) atoms. The molecule has 2 aromatic carbocycles. The van der Waals surface area contributed by atoms with Gasteiger partial charge in [0.15, 0.2) is 0 Å². The molecule has 1 unspecified atom stereocenters. The second kappa shape index (κ2) is 6.97. The summed E-state index contributed by atoms with van der Waals surface area (Å²) in [6.07, 6.45) is 0. The van der Waals surface area contributed by atoms with Crippen LogP contribution in [-0.4, -0.2) is 6.61 Å². The number of hydrogen-bond donors (Lipinski definition) is 0. The van der Waals surface area contributed by atoms with Gasteiger partial charge in [-0.05, 0) is 64.7 Å².